The Morgan fingerprint density at radius 1 is 1.38 bits per heavy atom. The van der Waals surface area contributed by atoms with Crippen LogP contribution in [0.4, 0.5) is 0 Å². The summed E-state index contributed by atoms with van der Waals surface area (Å²) in [5.41, 5.74) is 3.17. The summed E-state index contributed by atoms with van der Waals surface area (Å²) in [7, 11) is 0. The molecule has 2 aromatic rings. The van der Waals surface area contributed by atoms with Crippen molar-refractivity contribution in [3.05, 3.63) is 36.3 Å². The third-order valence-corrected chi connectivity index (χ3v) is 3.86. The van der Waals surface area contributed by atoms with Gasteiger partial charge in [-0.05, 0) is 32.0 Å². The number of hydrogen-bond donors (Lipinski definition) is 2. The number of H-pyrrole nitrogens is 1. The number of hydrogen-bond acceptors (Lipinski definition) is 4. The molecule has 2 atom stereocenters. The molecular weight excluding hydrogens is 286 g/mol. The van der Waals surface area contributed by atoms with Crippen molar-refractivity contribution in [1.82, 2.24) is 25.4 Å². The van der Waals surface area contributed by atoms with Crippen LogP contribution in [0.5, 0.6) is 0 Å². The second-order valence-electron chi connectivity index (χ2n) is 5.61. The zero-order valence-corrected chi connectivity index (χ0v) is 13.2. The van der Waals surface area contributed by atoms with E-state index in [1.165, 1.54) is 0 Å². The average Bonchev–Trinajstić information content (AvgIpc) is 2.92. The van der Waals surface area contributed by atoms with Crippen LogP contribution in [0.25, 0.3) is 11.3 Å². The number of rotatable bonds is 3. The fourth-order valence-electron chi connectivity index (χ4n) is 2.64. The first kappa shape index (κ1) is 15.9. The summed E-state index contributed by atoms with van der Waals surface area (Å²) in [6, 6.07) is 7.19. The SMILES string of the molecule is CC1CN(Cc2cc(-c3cccnc3)n[nH]2)C(C)CN1.Cl. The Hall–Kier alpha value is -1.43. The minimum atomic E-state index is 0. The Balaban J connectivity index is 0.00000161. The van der Waals surface area contributed by atoms with E-state index in [-0.39, 0.29) is 12.4 Å². The molecule has 0 bridgehead atoms. The molecule has 0 saturated carbocycles. The summed E-state index contributed by atoms with van der Waals surface area (Å²) in [6.45, 7) is 7.53. The van der Waals surface area contributed by atoms with Crippen LogP contribution in [0, 0.1) is 0 Å². The highest BCUT2D eigenvalue weighted by atomic mass is 35.5. The predicted molar refractivity (Wildman–Crippen MR) is 86.4 cm³/mol. The quantitative estimate of drug-likeness (QED) is 0.911. The van der Waals surface area contributed by atoms with Gasteiger partial charge in [0.2, 0.25) is 0 Å². The van der Waals surface area contributed by atoms with Crippen molar-refractivity contribution < 1.29 is 0 Å². The molecule has 21 heavy (non-hydrogen) atoms. The first-order chi connectivity index (χ1) is 9.72. The van der Waals surface area contributed by atoms with Gasteiger partial charge in [-0.25, -0.2) is 0 Å². The fraction of sp³-hybridized carbons (Fsp3) is 0.467. The number of aromatic nitrogens is 3. The van der Waals surface area contributed by atoms with Gasteiger partial charge in [-0.1, -0.05) is 0 Å². The van der Waals surface area contributed by atoms with Gasteiger partial charge in [-0.15, -0.1) is 12.4 Å². The molecule has 2 unspecified atom stereocenters. The van der Waals surface area contributed by atoms with Crippen LogP contribution in [-0.4, -0.2) is 45.3 Å². The second kappa shape index (κ2) is 7.02. The number of nitrogens with one attached hydrogen (secondary N) is 2. The Kier molecular flexibility index (Phi) is 5.33. The highest BCUT2D eigenvalue weighted by Crippen LogP contribution is 2.18. The van der Waals surface area contributed by atoms with Gasteiger partial charge in [-0.2, -0.15) is 5.10 Å². The Morgan fingerprint density at radius 3 is 3.00 bits per heavy atom. The maximum absolute atomic E-state index is 4.39. The summed E-state index contributed by atoms with van der Waals surface area (Å²) >= 11 is 0. The molecule has 114 valence electrons. The lowest BCUT2D eigenvalue weighted by atomic mass is 10.1. The van der Waals surface area contributed by atoms with Crippen molar-refractivity contribution >= 4 is 12.4 Å². The van der Waals surface area contributed by atoms with Crippen molar-refractivity contribution in [2.24, 2.45) is 0 Å². The second-order valence-corrected chi connectivity index (χ2v) is 5.61. The van der Waals surface area contributed by atoms with Gasteiger partial charge >= 0.3 is 0 Å². The van der Waals surface area contributed by atoms with Crippen LogP contribution in [0.2, 0.25) is 0 Å². The van der Waals surface area contributed by atoms with Crippen LogP contribution < -0.4 is 5.32 Å². The zero-order chi connectivity index (χ0) is 13.9. The minimum Gasteiger partial charge on any atom is -0.311 e. The van der Waals surface area contributed by atoms with Crippen LogP contribution in [0.3, 0.4) is 0 Å². The van der Waals surface area contributed by atoms with Crippen molar-refractivity contribution in [2.45, 2.75) is 32.5 Å². The van der Waals surface area contributed by atoms with Crippen molar-refractivity contribution in [2.75, 3.05) is 13.1 Å². The summed E-state index contributed by atoms with van der Waals surface area (Å²) in [4.78, 5) is 6.62. The maximum Gasteiger partial charge on any atom is 0.0939 e. The lowest BCUT2D eigenvalue weighted by Gasteiger charge is -2.37. The van der Waals surface area contributed by atoms with Gasteiger partial charge < -0.3 is 5.32 Å². The Labute approximate surface area is 131 Å². The van der Waals surface area contributed by atoms with Gasteiger partial charge in [0.1, 0.15) is 0 Å². The third-order valence-electron chi connectivity index (χ3n) is 3.86. The zero-order valence-electron chi connectivity index (χ0n) is 12.4. The minimum absolute atomic E-state index is 0. The molecule has 0 spiro atoms. The summed E-state index contributed by atoms with van der Waals surface area (Å²) < 4.78 is 0. The maximum atomic E-state index is 4.39. The number of aromatic amines is 1. The van der Waals surface area contributed by atoms with E-state index in [0.29, 0.717) is 12.1 Å². The molecule has 1 fully saturated rings. The number of piperazine rings is 1. The van der Waals surface area contributed by atoms with Crippen LogP contribution in [0.1, 0.15) is 19.5 Å². The molecule has 0 radical (unpaired) electrons. The van der Waals surface area contributed by atoms with Gasteiger partial charge in [0.25, 0.3) is 0 Å². The molecule has 6 heteroatoms. The standard InChI is InChI=1S/C15H21N5.ClH/c1-11-9-20(12(2)7-17-11)10-14-6-15(19-18-14)13-4-3-5-16-8-13;/h3-6,8,11-12,17H,7,9-10H2,1-2H3,(H,18,19);1H. The summed E-state index contributed by atoms with van der Waals surface area (Å²) in [6.07, 6.45) is 3.62. The topological polar surface area (TPSA) is 56.8 Å². The molecule has 2 N–H and O–H groups in total. The van der Waals surface area contributed by atoms with Crippen molar-refractivity contribution in [3.63, 3.8) is 0 Å². The molecule has 2 aromatic heterocycles. The van der Waals surface area contributed by atoms with Crippen LogP contribution in [0.15, 0.2) is 30.6 Å². The first-order valence-electron chi connectivity index (χ1n) is 7.14. The van der Waals surface area contributed by atoms with E-state index < -0.39 is 0 Å². The van der Waals surface area contributed by atoms with E-state index >= 15 is 0 Å². The largest absolute Gasteiger partial charge is 0.311 e. The van der Waals surface area contributed by atoms with Crippen molar-refractivity contribution in [3.8, 4) is 11.3 Å². The molecule has 0 aromatic carbocycles. The van der Waals surface area contributed by atoms with Crippen LogP contribution in [-0.2, 0) is 6.54 Å². The smallest absolute Gasteiger partial charge is 0.0939 e. The molecule has 1 saturated heterocycles. The molecule has 0 amide bonds. The fourth-order valence-corrected chi connectivity index (χ4v) is 2.64. The highest BCUT2D eigenvalue weighted by molar-refractivity contribution is 5.85. The molecule has 5 nitrogen and oxygen atoms in total. The Morgan fingerprint density at radius 2 is 2.24 bits per heavy atom. The normalized spacial score (nSPS) is 22.8. The van der Waals surface area contributed by atoms with E-state index in [2.05, 4.69) is 45.3 Å². The monoisotopic (exact) mass is 307 g/mol. The van der Waals surface area contributed by atoms with E-state index in [0.717, 1.165) is 36.6 Å². The molecule has 1 aliphatic rings. The molecular formula is C15H22ClN5. The Bertz CT molecular complexity index is 556. The van der Waals surface area contributed by atoms with E-state index in [1.54, 1.807) is 6.20 Å². The molecule has 3 heterocycles. The molecule has 0 aliphatic carbocycles. The average molecular weight is 308 g/mol. The molecule has 3 rings (SSSR count). The molecule has 1 aliphatic heterocycles. The highest BCUT2D eigenvalue weighted by Gasteiger charge is 2.22. The van der Waals surface area contributed by atoms with Gasteiger partial charge in [-0.3, -0.25) is 15.0 Å². The van der Waals surface area contributed by atoms with Crippen LogP contribution >= 0.6 is 12.4 Å². The van der Waals surface area contributed by atoms with Gasteiger partial charge in [0, 0.05) is 55.4 Å². The summed E-state index contributed by atoms with van der Waals surface area (Å²) in [5, 5.41) is 11.0. The van der Waals surface area contributed by atoms with Gasteiger partial charge in [0.15, 0.2) is 0 Å². The number of halogens is 1. The summed E-state index contributed by atoms with van der Waals surface area (Å²) in [5.74, 6) is 0. The predicted octanol–water partition coefficient (Wildman–Crippen LogP) is 2.08. The van der Waals surface area contributed by atoms with E-state index in [1.807, 2.05) is 18.3 Å². The van der Waals surface area contributed by atoms with Gasteiger partial charge in [0.05, 0.1) is 5.69 Å². The number of nitrogens with zero attached hydrogens (tertiary/aromatic N) is 3. The van der Waals surface area contributed by atoms with Crippen molar-refractivity contribution in [1.29, 1.82) is 0 Å². The third kappa shape index (κ3) is 3.81. The van der Waals surface area contributed by atoms with E-state index in [9.17, 15) is 0 Å². The number of pyridine rings is 1. The lowest BCUT2D eigenvalue weighted by Crippen LogP contribution is -2.53. The lowest BCUT2D eigenvalue weighted by molar-refractivity contribution is 0.137. The van der Waals surface area contributed by atoms with E-state index in [4.69, 9.17) is 0 Å². The first-order valence-corrected chi connectivity index (χ1v) is 7.14.